The maximum absolute atomic E-state index is 13.6. The Morgan fingerprint density at radius 2 is 1.74 bits per heavy atom. The Kier molecular flexibility index (Phi) is 9.82. The minimum absolute atomic E-state index is 0.131. The van der Waals surface area contributed by atoms with Crippen LogP contribution in [0.15, 0.2) is 90.0 Å². The Morgan fingerprint density at radius 1 is 1.02 bits per heavy atom. The fourth-order valence-corrected chi connectivity index (χ4v) is 4.49. The van der Waals surface area contributed by atoms with E-state index in [1.54, 1.807) is 31.4 Å². The molecule has 10 heteroatoms. The highest BCUT2D eigenvalue weighted by Crippen LogP contribution is 2.32. The molecule has 1 heterocycles. The molecule has 0 aliphatic rings. The maximum Gasteiger partial charge on any atom is 0.409 e. The Balaban J connectivity index is 1.46. The molecule has 10 nitrogen and oxygen atoms in total. The molecule has 0 saturated carbocycles. The van der Waals surface area contributed by atoms with E-state index >= 15 is 0 Å². The van der Waals surface area contributed by atoms with Gasteiger partial charge in [0.25, 0.3) is 5.56 Å². The van der Waals surface area contributed by atoms with Crippen LogP contribution < -0.4 is 15.6 Å². The molecule has 0 saturated heterocycles. The molecular formula is C33H36N4O6. The molecule has 0 fully saturated rings. The fourth-order valence-electron chi connectivity index (χ4n) is 4.49. The molecule has 0 unspecified atom stereocenters. The third-order valence-electron chi connectivity index (χ3n) is 6.92. The van der Waals surface area contributed by atoms with Gasteiger partial charge >= 0.3 is 12.1 Å². The van der Waals surface area contributed by atoms with E-state index in [4.69, 9.17) is 14.2 Å². The molecule has 0 atom stereocenters. The van der Waals surface area contributed by atoms with E-state index in [1.807, 2.05) is 75.4 Å². The van der Waals surface area contributed by atoms with Crippen LogP contribution in [0.25, 0.3) is 5.69 Å². The van der Waals surface area contributed by atoms with Gasteiger partial charge in [0.15, 0.2) is 5.82 Å². The summed E-state index contributed by atoms with van der Waals surface area (Å²) in [7, 11) is 2.97. The van der Waals surface area contributed by atoms with Crippen LogP contribution in [0.1, 0.15) is 40.9 Å². The molecule has 0 spiro atoms. The quantitative estimate of drug-likeness (QED) is 0.236. The minimum Gasteiger partial charge on any atom is -0.491 e. The summed E-state index contributed by atoms with van der Waals surface area (Å²) in [6, 6.07) is 22.0. The summed E-state index contributed by atoms with van der Waals surface area (Å²) < 4.78 is 17.8. The second-order valence-electron chi connectivity index (χ2n) is 10.5. The first-order chi connectivity index (χ1) is 20.6. The van der Waals surface area contributed by atoms with Gasteiger partial charge in [-0.3, -0.25) is 9.36 Å². The first-order valence-corrected chi connectivity index (χ1v) is 13.8. The predicted octanol–water partition coefficient (Wildman–Crippen LogP) is 5.32. The normalized spacial score (nSPS) is 11.0. The van der Waals surface area contributed by atoms with Gasteiger partial charge in [0.1, 0.15) is 19.0 Å². The number of para-hydroxylation sites is 1. The van der Waals surface area contributed by atoms with Gasteiger partial charge in [0.2, 0.25) is 0 Å². The van der Waals surface area contributed by atoms with E-state index in [9.17, 15) is 14.4 Å². The van der Waals surface area contributed by atoms with Gasteiger partial charge in [0.05, 0.1) is 30.4 Å². The van der Waals surface area contributed by atoms with Gasteiger partial charge in [-0.2, -0.15) is 0 Å². The number of anilines is 1. The van der Waals surface area contributed by atoms with Crippen molar-refractivity contribution in [2.45, 2.75) is 32.9 Å². The molecule has 1 amide bonds. The number of esters is 1. The summed E-state index contributed by atoms with van der Waals surface area (Å²) in [6.45, 7) is 6.43. The number of hydrogen-bond donors (Lipinski definition) is 1. The zero-order chi connectivity index (χ0) is 31.0. The van der Waals surface area contributed by atoms with Gasteiger partial charge in [0, 0.05) is 25.0 Å². The highest BCUT2D eigenvalue weighted by atomic mass is 16.6. The molecule has 224 valence electrons. The molecule has 1 N–H and O–H groups in total. The van der Waals surface area contributed by atoms with Crippen molar-refractivity contribution in [3.63, 3.8) is 0 Å². The third-order valence-corrected chi connectivity index (χ3v) is 6.92. The number of likely N-dealkylation sites (N-methyl/N-ethyl adjacent to an activating group) is 1. The van der Waals surface area contributed by atoms with Gasteiger partial charge in [-0.25, -0.2) is 14.6 Å². The van der Waals surface area contributed by atoms with E-state index in [-0.39, 0.29) is 24.6 Å². The number of ether oxygens (including phenoxy) is 3. The van der Waals surface area contributed by atoms with Crippen molar-refractivity contribution in [2.75, 3.05) is 32.6 Å². The standard InChI is InChI=1S/C33H36N4O6/c1-23-15-16-25(31(39)41-5)21-27(23)37-18-17-34-29(30(37)38)35-33(2,3)26-13-9-10-14-28(26)42-20-19-36(4)32(40)43-22-24-11-7-6-8-12-24/h6-18,21H,19-20,22H2,1-5H3,(H,34,35). The summed E-state index contributed by atoms with van der Waals surface area (Å²) in [5.41, 5.74) is 2.24. The van der Waals surface area contributed by atoms with Crippen LogP contribution in [0.5, 0.6) is 5.75 Å². The van der Waals surface area contributed by atoms with E-state index in [2.05, 4.69) is 10.3 Å². The Morgan fingerprint density at radius 3 is 2.49 bits per heavy atom. The number of methoxy groups -OCH3 is 1. The third kappa shape index (κ3) is 7.59. The topological polar surface area (TPSA) is 112 Å². The zero-order valence-electron chi connectivity index (χ0n) is 25.0. The largest absolute Gasteiger partial charge is 0.491 e. The first-order valence-electron chi connectivity index (χ1n) is 13.8. The highest BCUT2D eigenvalue weighted by Gasteiger charge is 2.26. The van der Waals surface area contributed by atoms with Crippen LogP contribution in [0.3, 0.4) is 0 Å². The molecule has 4 aromatic rings. The number of aromatic nitrogens is 2. The Hall–Kier alpha value is -5.12. The second kappa shape index (κ2) is 13.7. The van der Waals surface area contributed by atoms with Crippen molar-refractivity contribution in [2.24, 2.45) is 0 Å². The van der Waals surface area contributed by atoms with Gasteiger partial charge in [-0.15, -0.1) is 0 Å². The molecule has 43 heavy (non-hydrogen) atoms. The van der Waals surface area contributed by atoms with Crippen LogP contribution in [-0.2, 0) is 21.6 Å². The molecule has 0 radical (unpaired) electrons. The smallest absolute Gasteiger partial charge is 0.409 e. The van der Waals surface area contributed by atoms with Crippen molar-refractivity contribution >= 4 is 17.9 Å². The number of aryl methyl sites for hydroxylation is 1. The van der Waals surface area contributed by atoms with Crippen molar-refractivity contribution in [1.82, 2.24) is 14.5 Å². The zero-order valence-corrected chi connectivity index (χ0v) is 25.0. The second-order valence-corrected chi connectivity index (χ2v) is 10.5. The van der Waals surface area contributed by atoms with Crippen LogP contribution in [0, 0.1) is 6.92 Å². The fraction of sp³-hybridized carbons (Fsp3) is 0.273. The lowest BCUT2D eigenvalue weighted by Crippen LogP contribution is -2.34. The number of hydrogen-bond acceptors (Lipinski definition) is 8. The molecular weight excluding hydrogens is 548 g/mol. The highest BCUT2D eigenvalue weighted by molar-refractivity contribution is 5.90. The number of nitrogens with zero attached hydrogens (tertiary/aromatic N) is 3. The van der Waals surface area contributed by atoms with Gasteiger partial charge < -0.3 is 24.4 Å². The number of nitrogens with one attached hydrogen (secondary N) is 1. The van der Waals surface area contributed by atoms with E-state index in [1.165, 1.54) is 22.8 Å². The molecule has 1 aromatic heterocycles. The molecule has 0 bridgehead atoms. The van der Waals surface area contributed by atoms with Crippen molar-refractivity contribution < 1.29 is 23.8 Å². The molecule has 4 rings (SSSR count). The average Bonchev–Trinajstić information content (AvgIpc) is 3.01. The SMILES string of the molecule is COC(=O)c1ccc(C)c(-n2ccnc(NC(C)(C)c3ccccc3OCCN(C)C(=O)OCc3ccccc3)c2=O)c1. The van der Waals surface area contributed by atoms with E-state index in [0.717, 1.165) is 16.7 Å². The molecule has 0 aliphatic carbocycles. The van der Waals surface area contributed by atoms with Crippen LogP contribution in [0.2, 0.25) is 0 Å². The van der Waals surface area contributed by atoms with Crippen LogP contribution >= 0.6 is 0 Å². The van der Waals surface area contributed by atoms with Crippen LogP contribution in [0.4, 0.5) is 10.6 Å². The summed E-state index contributed by atoms with van der Waals surface area (Å²) in [6.07, 6.45) is 2.64. The Bertz CT molecular complexity index is 1630. The van der Waals surface area contributed by atoms with E-state index < -0.39 is 17.6 Å². The number of rotatable bonds is 11. The molecule has 3 aromatic carbocycles. The number of carbonyl (C=O) groups is 2. The lowest BCUT2D eigenvalue weighted by molar-refractivity contribution is 0.0600. The lowest BCUT2D eigenvalue weighted by Gasteiger charge is -2.29. The average molecular weight is 585 g/mol. The van der Waals surface area contributed by atoms with Gasteiger partial charge in [-0.1, -0.05) is 54.6 Å². The Labute approximate surface area is 250 Å². The monoisotopic (exact) mass is 584 g/mol. The van der Waals surface area contributed by atoms with Crippen molar-refractivity contribution in [3.05, 3.63) is 118 Å². The number of carbonyl (C=O) groups excluding carboxylic acids is 2. The number of amides is 1. The summed E-state index contributed by atoms with van der Waals surface area (Å²) in [4.78, 5) is 43.8. The summed E-state index contributed by atoms with van der Waals surface area (Å²) in [5.74, 6) is 0.240. The number of benzene rings is 3. The molecule has 0 aliphatic heterocycles. The van der Waals surface area contributed by atoms with Crippen molar-refractivity contribution in [3.8, 4) is 11.4 Å². The minimum atomic E-state index is -0.772. The lowest BCUT2D eigenvalue weighted by atomic mass is 9.93. The van der Waals surface area contributed by atoms with Gasteiger partial charge in [-0.05, 0) is 50.1 Å². The van der Waals surface area contributed by atoms with Crippen LogP contribution in [-0.4, -0.2) is 53.8 Å². The first kappa shape index (κ1) is 30.8. The van der Waals surface area contributed by atoms with E-state index in [0.29, 0.717) is 23.5 Å². The predicted molar refractivity (Wildman–Crippen MR) is 164 cm³/mol. The summed E-state index contributed by atoms with van der Waals surface area (Å²) in [5, 5.41) is 3.27. The van der Waals surface area contributed by atoms with Crippen molar-refractivity contribution in [1.29, 1.82) is 0 Å². The maximum atomic E-state index is 13.6. The summed E-state index contributed by atoms with van der Waals surface area (Å²) >= 11 is 0.